The highest BCUT2D eigenvalue weighted by atomic mass is 16.5. The van der Waals surface area contributed by atoms with Crippen molar-refractivity contribution in [1.82, 2.24) is 0 Å². The lowest BCUT2D eigenvalue weighted by Crippen LogP contribution is -1.89. The van der Waals surface area contributed by atoms with Gasteiger partial charge in [-0.15, -0.1) is 0 Å². The Morgan fingerprint density at radius 2 is 0.455 bits per heavy atom. The van der Waals surface area contributed by atoms with Crippen LogP contribution >= 0.6 is 0 Å². The predicted octanol–water partition coefficient (Wildman–Crippen LogP) is 23.1. The van der Waals surface area contributed by atoms with Gasteiger partial charge in [0.25, 0.3) is 0 Å². The largest absolute Gasteiger partial charge is 0.497 e. The molecule has 88 heavy (non-hydrogen) atoms. The maximum atomic E-state index is 5.87. The molecule has 0 fully saturated rings. The fourth-order valence-corrected chi connectivity index (χ4v) is 15.5. The molecular weight excluding hydrogens is 1070 g/mol. The number of ether oxygens (including phenoxy) is 3. The number of fused-ring (bicyclic) bond motifs is 10. The van der Waals surface area contributed by atoms with Gasteiger partial charge < -0.3 is 14.2 Å². The minimum Gasteiger partial charge on any atom is -0.497 e. The molecule has 0 amide bonds. The molecule has 1 aliphatic rings. The molecule has 0 spiro atoms. The molecule has 17 aromatic rings. The van der Waals surface area contributed by atoms with Crippen molar-refractivity contribution in [3.63, 3.8) is 0 Å². The summed E-state index contributed by atoms with van der Waals surface area (Å²) in [4.78, 5) is 0. The molecule has 0 radical (unpaired) electrons. The zero-order chi connectivity index (χ0) is 58.3. The molecule has 0 N–H and O–H groups in total. The Morgan fingerprint density at radius 3 is 0.909 bits per heavy atom. The summed E-state index contributed by atoms with van der Waals surface area (Å²) in [5.41, 5.74) is 22.0. The number of hydrogen-bond donors (Lipinski definition) is 0. The highest BCUT2D eigenvalue weighted by molar-refractivity contribution is 6.47. The van der Waals surface area contributed by atoms with E-state index in [0.717, 1.165) is 33.9 Å². The Morgan fingerprint density at radius 1 is 0.159 bits per heavy atom. The summed E-state index contributed by atoms with van der Waals surface area (Å²) in [6.07, 6.45) is 0. The van der Waals surface area contributed by atoms with Crippen molar-refractivity contribution < 1.29 is 14.2 Å². The molecule has 0 saturated heterocycles. The average Bonchev–Trinajstić information content (AvgIpc) is 1.53. The molecule has 412 valence electrons. The first-order valence-electron chi connectivity index (χ1n) is 30.2. The van der Waals surface area contributed by atoms with Crippen molar-refractivity contribution in [2.75, 3.05) is 21.3 Å². The summed E-state index contributed by atoms with van der Waals surface area (Å²) in [6.45, 7) is 0. The van der Waals surface area contributed by atoms with Gasteiger partial charge >= 0.3 is 0 Å². The topological polar surface area (TPSA) is 27.7 Å². The fraction of sp³-hybridized carbons (Fsp3) is 0.0353. The number of methoxy groups -OCH3 is 3. The van der Waals surface area contributed by atoms with Crippen LogP contribution in [0.4, 0.5) is 0 Å². The predicted molar refractivity (Wildman–Crippen MR) is 371 cm³/mol. The van der Waals surface area contributed by atoms with E-state index in [2.05, 4.69) is 261 Å². The van der Waals surface area contributed by atoms with Crippen LogP contribution in [0.15, 0.2) is 273 Å². The number of rotatable bonds is 10. The minimum absolute atomic E-state index is 0.822. The highest BCUT2D eigenvalue weighted by Crippen LogP contribution is 2.60. The molecular formula is C85H54O3. The smallest absolute Gasteiger partial charge is 0.118 e. The van der Waals surface area contributed by atoms with Crippen molar-refractivity contribution >= 4 is 86.2 Å². The Bertz CT molecular complexity index is 5510. The van der Waals surface area contributed by atoms with Crippen LogP contribution in [0.1, 0.15) is 0 Å². The molecule has 0 atom stereocenters. The monoisotopic (exact) mass is 1120 g/mol. The van der Waals surface area contributed by atoms with Crippen LogP contribution in [0.3, 0.4) is 0 Å². The Hall–Kier alpha value is -11.3. The normalized spacial score (nSPS) is 12.0. The molecule has 3 nitrogen and oxygen atoms in total. The van der Waals surface area contributed by atoms with Gasteiger partial charge in [-0.25, -0.2) is 0 Å². The average molecular weight is 1120 g/mol. The van der Waals surface area contributed by atoms with Crippen LogP contribution in [0.2, 0.25) is 0 Å². The quantitative estimate of drug-likeness (QED) is 0.137. The summed E-state index contributed by atoms with van der Waals surface area (Å²) in [5, 5.41) is 19.9. The molecule has 18 rings (SSSR count). The van der Waals surface area contributed by atoms with E-state index in [0.29, 0.717) is 0 Å². The SMILES string of the molecule is COc1ccc(-c2ccc(-c3ccc4c5c(-c6ccc(OC)cc6)c6c7ccc(-c8ccc9c%10c(cccc8%10)-c8c(-c%10ccccc%10)ccc(-c%10ccccc%10)c8-9)c8cccc(c6c(-c6ccc(OC)cc6)c5c5cccc3c54)c87)c3ccccc23)cc1. The highest BCUT2D eigenvalue weighted by Gasteiger charge is 2.32. The van der Waals surface area contributed by atoms with E-state index >= 15 is 0 Å². The third kappa shape index (κ3) is 7.13. The molecule has 1 aliphatic carbocycles. The van der Waals surface area contributed by atoms with Gasteiger partial charge in [-0.2, -0.15) is 0 Å². The van der Waals surface area contributed by atoms with Gasteiger partial charge in [-0.1, -0.05) is 237 Å². The van der Waals surface area contributed by atoms with Crippen molar-refractivity contribution in [2.24, 2.45) is 0 Å². The standard InChI is InChI=1S/C85H54O3/c1-86-54-33-27-51(28-34-54)57-39-42-62(61-20-11-10-19-60(57)61)63-44-47-73-78-66(63)22-13-25-70(78)82-75(52-29-35-55(87-2)36-30-52)83-71-26-14-23-68-65(45-48-74(79(68)71)85(83)76(84(73)82)53-31-37-56(88-3)38-32-53)64-43-46-72-77-67(64)21-12-24-69(77)80-58(49-15-6-4-7-16-49)40-41-59(81(72)80)50-17-8-5-9-18-50/h4-48H,1-3H3. The van der Waals surface area contributed by atoms with E-state index in [9.17, 15) is 0 Å². The van der Waals surface area contributed by atoms with E-state index in [1.165, 1.54) is 170 Å². The minimum atomic E-state index is 0.822. The molecule has 0 heterocycles. The van der Waals surface area contributed by atoms with Gasteiger partial charge in [-0.05, 0) is 223 Å². The van der Waals surface area contributed by atoms with Crippen LogP contribution in [0, 0.1) is 0 Å². The molecule has 17 aromatic carbocycles. The van der Waals surface area contributed by atoms with E-state index in [-0.39, 0.29) is 0 Å². The number of benzene rings is 15. The summed E-state index contributed by atoms with van der Waals surface area (Å²) in [5.74, 6) is 2.49. The third-order valence-corrected chi connectivity index (χ3v) is 19.3. The Labute approximate surface area is 509 Å². The van der Waals surface area contributed by atoms with Crippen LogP contribution in [-0.4, -0.2) is 21.3 Å². The van der Waals surface area contributed by atoms with Gasteiger partial charge in [0.2, 0.25) is 0 Å². The van der Waals surface area contributed by atoms with Gasteiger partial charge in [0.05, 0.1) is 21.3 Å². The van der Waals surface area contributed by atoms with Crippen LogP contribution in [-0.2, 0) is 0 Å². The number of hydrogen-bond acceptors (Lipinski definition) is 3. The van der Waals surface area contributed by atoms with Gasteiger partial charge in [-0.3, -0.25) is 0 Å². The second kappa shape index (κ2) is 19.4. The first-order chi connectivity index (χ1) is 43.6. The zero-order valence-corrected chi connectivity index (χ0v) is 48.7. The molecule has 0 bridgehead atoms. The van der Waals surface area contributed by atoms with Crippen LogP contribution in [0.5, 0.6) is 17.2 Å². The lowest BCUT2D eigenvalue weighted by Gasteiger charge is -2.16. The van der Waals surface area contributed by atoms with Gasteiger partial charge in [0, 0.05) is 0 Å². The second-order valence-electron chi connectivity index (χ2n) is 23.5. The lowest BCUT2D eigenvalue weighted by molar-refractivity contribution is 0.415. The fourth-order valence-electron chi connectivity index (χ4n) is 15.5. The molecule has 0 unspecified atom stereocenters. The first kappa shape index (κ1) is 50.1. The third-order valence-electron chi connectivity index (χ3n) is 19.3. The van der Waals surface area contributed by atoms with E-state index in [1.54, 1.807) is 21.3 Å². The van der Waals surface area contributed by atoms with Crippen molar-refractivity contribution in [3.8, 4) is 117 Å². The zero-order valence-electron chi connectivity index (χ0n) is 48.7. The molecule has 0 saturated carbocycles. The summed E-state index contributed by atoms with van der Waals surface area (Å²) in [7, 11) is 5.21. The van der Waals surface area contributed by atoms with E-state index in [1.807, 2.05) is 12.1 Å². The van der Waals surface area contributed by atoms with Gasteiger partial charge in [0.15, 0.2) is 0 Å². The van der Waals surface area contributed by atoms with Gasteiger partial charge in [0.1, 0.15) is 17.2 Å². The molecule has 0 aromatic heterocycles. The molecule has 0 aliphatic heterocycles. The summed E-state index contributed by atoms with van der Waals surface area (Å²) >= 11 is 0. The Kier molecular flexibility index (Phi) is 11.0. The second-order valence-corrected chi connectivity index (χ2v) is 23.5. The van der Waals surface area contributed by atoms with E-state index < -0.39 is 0 Å². The maximum absolute atomic E-state index is 5.87. The summed E-state index contributed by atoms with van der Waals surface area (Å²) < 4.78 is 17.3. The van der Waals surface area contributed by atoms with Crippen molar-refractivity contribution in [2.45, 2.75) is 0 Å². The molecule has 3 heteroatoms. The Balaban J connectivity index is 0.922. The lowest BCUT2D eigenvalue weighted by atomic mass is 9.87. The first-order valence-corrected chi connectivity index (χ1v) is 30.2. The maximum Gasteiger partial charge on any atom is 0.118 e. The van der Waals surface area contributed by atoms with Crippen molar-refractivity contribution in [3.05, 3.63) is 273 Å². The van der Waals surface area contributed by atoms with E-state index in [4.69, 9.17) is 14.2 Å². The van der Waals surface area contributed by atoms with Crippen LogP contribution < -0.4 is 14.2 Å². The summed E-state index contributed by atoms with van der Waals surface area (Å²) in [6, 6.07) is 101. The van der Waals surface area contributed by atoms with Crippen molar-refractivity contribution in [1.29, 1.82) is 0 Å². The van der Waals surface area contributed by atoms with Crippen LogP contribution in [0.25, 0.3) is 186 Å².